The Balaban J connectivity index is 1.89. The van der Waals surface area contributed by atoms with Crippen LogP contribution in [-0.4, -0.2) is 29.4 Å². The molecule has 2 aromatic carbocycles. The standard InChI is InChI=1S/C23H22N6O4/c1-13-7-9-16(10-8-13)27-23(3)28-19(18(12-24)20(31)29-23)15-5-4-6-17(11-15)26-22(33)21(32)25-14(2)30/h4-11,27-28H,1-3H3,(H,26,33)(H,29,31)(H,25,30,32). The molecule has 1 atom stereocenters. The molecule has 1 unspecified atom stereocenters. The van der Waals surface area contributed by atoms with Crippen LogP contribution in [0.1, 0.15) is 25.0 Å². The van der Waals surface area contributed by atoms with Gasteiger partial charge in [-0.05, 0) is 38.1 Å². The molecule has 4 amide bonds. The van der Waals surface area contributed by atoms with Gasteiger partial charge in [-0.3, -0.25) is 24.5 Å². The molecule has 168 valence electrons. The first-order valence-corrected chi connectivity index (χ1v) is 9.93. The van der Waals surface area contributed by atoms with Crippen molar-refractivity contribution in [1.82, 2.24) is 16.0 Å². The normalized spacial score (nSPS) is 17.2. The zero-order valence-corrected chi connectivity index (χ0v) is 18.2. The number of carbonyl (C=O) groups excluding carboxylic acids is 4. The fraction of sp³-hybridized carbons (Fsp3) is 0.174. The zero-order chi connectivity index (χ0) is 24.2. The predicted molar refractivity (Wildman–Crippen MR) is 121 cm³/mol. The largest absolute Gasteiger partial charge is 0.346 e. The van der Waals surface area contributed by atoms with Gasteiger partial charge in [-0.2, -0.15) is 5.26 Å². The van der Waals surface area contributed by atoms with Crippen molar-refractivity contribution < 1.29 is 19.2 Å². The fourth-order valence-electron chi connectivity index (χ4n) is 3.22. The fourth-order valence-corrected chi connectivity index (χ4v) is 3.22. The Hall–Kier alpha value is -4.65. The lowest BCUT2D eigenvalue weighted by Gasteiger charge is -2.39. The van der Waals surface area contributed by atoms with E-state index in [0.717, 1.165) is 18.2 Å². The van der Waals surface area contributed by atoms with E-state index in [1.807, 2.05) is 42.6 Å². The second-order valence-electron chi connectivity index (χ2n) is 7.60. The van der Waals surface area contributed by atoms with Gasteiger partial charge < -0.3 is 21.3 Å². The number of hydrogen-bond acceptors (Lipinski definition) is 7. The summed E-state index contributed by atoms with van der Waals surface area (Å²) in [6.45, 7) is 4.78. The van der Waals surface area contributed by atoms with E-state index in [2.05, 4.69) is 21.3 Å². The molecule has 33 heavy (non-hydrogen) atoms. The smallest absolute Gasteiger partial charge is 0.316 e. The average molecular weight is 446 g/mol. The lowest BCUT2D eigenvalue weighted by Crippen LogP contribution is -2.64. The van der Waals surface area contributed by atoms with E-state index in [-0.39, 0.29) is 17.0 Å². The Bertz CT molecular complexity index is 1210. The Morgan fingerprint density at radius 2 is 1.70 bits per heavy atom. The quantitative estimate of drug-likeness (QED) is 0.444. The van der Waals surface area contributed by atoms with Crippen molar-refractivity contribution in [2.75, 3.05) is 10.6 Å². The summed E-state index contributed by atoms with van der Waals surface area (Å²) in [4.78, 5) is 47.4. The van der Waals surface area contributed by atoms with E-state index in [1.165, 1.54) is 12.1 Å². The van der Waals surface area contributed by atoms with Gasteiger partial charge >= 0.3 is 11.8 Å². The molecule has 1 aliphatic rings. The molecule has 0 bridgehead atoms. The topological polar surface area (TPSA) is 152 Å². The van der Waals surface area contributed by atoms with Crippen molar-refractivity contribution in [3.8, 4) is 6.07 Å². The SMILES string of the molecule is CC(=O)NC(=O)C(=O)Nc1cccc(C2=C(C#N)C(=O)NC(C)(Nc3ccc(C)cc3)N2)c1. The minimum absolute atomic E-state index is 0.143. The molecule has 10 heteroatoms. The van der Waals surface area contributed by atoms with Gasteiger partial charge in [0.15, 0.2) is 5.79 Å². The van der Waals surface area contributed by atoms with Gasteiger partial charge in [0.25, 0.3) is 5.91 Å². The van der Waals surface area contributed by atoms with Crippen LogP contribution in [0.25, 0.3) is 5.70 Å². The number of amides is 4. The number of imide groups is 1. The first kappa shape index (κ1) is 23.0. The second-order valence-corrected chi connectivity index (χ2v) is 7.60. The molecule has 1 aliphatic heterocycles. The highest BCUT2D eigenvalue weighted by atomic mass is 16.2. The van der Waals surface area contributed by atoms with Crippen LogP contribution in [0.2, 0.25) is 0 Å². The van der Waals surface area contributed by atoms with Crippen LogP contribution in [0, 0.1) is 18.3 Å². The van der Waals surface area contributed by atoms with Crippen LogP contribution in [0.4, 0.5) is 11.4 Å². The number of anilines is 2. The highest BCUT2D eigenvalue weighted by Gasteiger charge is 2.36. The lowest BCUT2D eigenvalue weighted by molar-refractivity contribution is -0.139. The van der Waals surface area contributed by atoms with Gasteiger partial charge in [0.05, 0.1) is 5.70 Å². The number of rotatable bonds is 4. The summed E-state index contributed by atoms with van der Waals surface area (Å²) in [5, 5.41) is 22.9. The van der Waals surface area contributed by atoms with Crippen molar-refractivity contribution in [1.29, 1.82) is 5.26 Å². The van der Waals surface area contributed by atoms with E-state index < -0.39 is 29.4 Å². The van der Waals surface area contributed by atoms with Crippen molar-refractivity contribution in [3.05, 3.63) is 65.2 Å². The van der Waals surface area contributed by atoms with Crippen molar-refractivity contribution in [2.45, 2.75) is 26.6 Å². The minimum Gasteiger partial charge on any atom is -0.346 e. The molecule has 0 spiro atoms. The molecule has 10 nitrogen and oxygen atoms in total. The van der Waals surface area contributed by atoms with Crippen LogP contribution in [0.5, 0.6) is 0 Å². The summed E-state index contributed by atoms with van der Waals surface area (Å²) in [5.41, 5.74) is 2.59. The summed E-state index contributed by atoms with van der Waals surface area (Å²) < 4.78 is 0. The van der Waals surface area contributed by atoms with Crippen LogP contribution in [0.3, 0.4) is 0 Å². The van der Waals surface area contributed by atoms with E-state index in [0.29, 0.717) is 5.56 Å². The Labute approximate surface area is 190 Å². The molecule has 2 aromatic rings. The van der Waals surface area contributed by atoms with Gasteiger partial charge in [0, 0.05) is 23.9 Å². The van der Waals surface area contributed by atoms with E-state index in [4.69, 9.17) is 0 Å². The van der Waals surface area contributed by atoms with Crippen molar-refractivity contribution in [2.24, 2.45) is 0 Å². The number of hydrogen-bond donors (Lipinski definition) is 5. The third-order valence-corrected chi connectivity index (χ3v) is 4.68. The molecule has 0 aromatic heterocycles. The second kappa shape index (κ2) is 9.23. The number of carbonyl (C=O) groups is 4. The summed E-state index contributed by atoms with van der Waals surface area (Å²) in [6, 6.07) is 15.7. The van der Waals surface area contributed by atoms with Gasteiger partial charge in [-0.1, -0.05) is 29.8 Å². The number of benzene rings is 2. The van der Waals surface area contributed by atoms with E-state index in [9.17, 15) is 24.4 Å². The molecular formula is C23H22N6O4. The molecule has 1 heterocycles. The molecule has 0 fully saturated rings. The number of nitrogens with one attached hydrogen (secondary N) is 5. The lowest BCUT2D eigenvalue weighted by atomic mass is 10.0. The maximum absolute atomic E-state index is 12.7. The number of nitriles is 1. The molecular weight excluding hydrogens is 424 g/mol. The summed E-state index contributed by atoms with van der Waals surface area (Å²) in [5.74, 6) is -4.50. The van der Waals surface area contributed by atoms with Gasteiger partial charge in [-0.15, -0.1) is 0 Å². The molecule has 0 radical (unpaired) electrons. The van der Waals surface area contributed by atoms with Gasteiger partial charge in [0.1, 0.15) is 11.6 Å². The predicted octanol–water partition coefficient (Wildman–Crippen LogP) is 1.34. The zero-order valence-electron chi connectivity index (χ0n) is 18.2. The van der Waals surface area contributed by atoms with Crippen LogP contribution in [0.15, 0.2) is 54.1 Å². The highest BCUT2D eigenvalue weighted by molar-refractivity contribution is 6.41. The average Bonchev–Trinajstić information content (AvgIpc) is 2.74. The molecule has 0 aliphatic carbocycles. The summed E-state index contributed by atoms with van der Waals surface area (Å²) in [6.07, 6.45) is 0. The Morgan fingerprint density at radius 3 is 2.33 bits per heavy atom. The third-order valence-electron chi connectivity index (χ3n) is 4.68. The van der Waals surface area contributed by atoms with E-state index in [1.54, 1.807) is 19.1 Å². The highest BCUT2D eigenvalue weighted by Crippen LogP contribution is 2.26. The first-order chi connectivity index (χ1) is 15.6. The van der Waals surface area contributed by atoms with Gasteiger partial charge in [-0.25, -0.2) is 0 Å². The van der Waals surface area contributed by atoms with E-state index >= 15 is 0 Å². The molecule has 3 rings (SSSR count). The first-order valence-electron chi connectivity index (χ1n) is 9.93. The maximum atomic E-state index is 12.7. The number of aryl methyl sites for hydroxylation is 1. The summed E-state index contributed by atoms with van der Waals surface area (Å²) in [7, 11) is 0. The monoisotopic (exact) mass is 446 g/mol. The van der Waals surface area contributed by atoms with Gasteiger partial charge in [0.2, 0.25) is 5.91 Å². The van der Waals surface area contributed by atoms with Crippen molar-refractivity contribution in [3.63, 3.8) is 0 Å². The minimum atomic E-state index is -1.12. The Kier molecular flexibility index (Phi) is 6.44. The third kappa shape index (κ3) is 5.54. The Morgan fingerprint density at radius 1 is 1.00 bits per heavy atom. The van der Waals surface area contributed by atoms with Crippen molar-refractivity contribution >= 4 is 40.7 Å². The molecule has 0 saturated heterocycles. The number of nitrogens with zero attached hydrogens (tertiary/aromatic N) is 1. The van der Waals surface area contributed by atoms with Crippen LogP contribution in [-0.2, 0) is 19.2 Å². The van der Waals surface area contributed by atoms with Crippen LogP contribution < -0.4 is 26.6 Å². The molecule has 0 saturated carbocycles. The maximum Gasteiger partial charge on any atom is 0.316 e. The van der Waals surface area contributed by atoms with Crippen LogP contribution >= 0.6 is 0 Å². The summed E-state index contributed by atoms with van der Waals surface area (Å²) >= 11 is 0. The molecule has 5 N–H and O–H groups in total.